The van der Waals surface area contributed by atoms with Crippen molar-refractivity contribution in [3.05, 3.63) is 26.9 Å². The maximum atomic E-state index is 11.0. The molecular formula is C8H9ClN8O2. The summed E-state index contributed by atoms with van der Waals surface area (Å²) in [6, 6.07) is -0.428. The first-order valence-corrected chi connectivity index (χ1v) is 5.55. The first kappa shape index (κ1) is 13.1. The van der Waals surface area contributed by atoms with Gasteiger partial charge in [0.1, 0.15) is 5.69 Å². The second-order valence-corrected chi connectivity index (χ2v) is 4.01. The minimum Gasteiger partial charge on any atom is -0.354 e. The lowest BCUT2D eigenvalue weighted by molar-refractivity contribution is -0.385. The van der Waals surface area contributed by atoms with E-state index in [1.54, 1.807) is 6.92 Å². The maximum absolute atomic E-state index is 11.0. The van der Waals surface area contributed by atoms with E-state index >= 15 is 0 Å². The highest BCUT2D eigenvalue weighted by Gasteiger charge is 2.24. The summed E-state index contributed by atoms with van der Waals surface area (Å²) in [5.41, 5.74) is -0.0624. The molecule has 1 unspecified atom stereocenters. The molecule has 0 saturated carbocycles. The van der Waals surface area contributed by atoms with Crippen LogP contribution in [0.1, 0.15) is 24.5 Å². The summed E-state index contributed by atoms with van der Waals surface area (Å²) in [6.07, 6.45) is 0. The second-order valence-electron chi connectivity index (χ2n) is 3.67. The molecule has 0 radical (unpaired) electrons. The van der Waals surface area contributed by atoms with Crippen LogP contribution in [-0.4, -0.2) is 35.5 Å². The topological polar surface area (TPSA) is 135 Å². The fraction of sp³-hybridized carbons (Fsp3) is 0.375. The van der Waals surface area contributed by atoms with Crippen LogP contribution in [0.25, 0.3) is 0 Å². The van der Waals surface area contributed by atoms with Crippen molar-refractivity contribution in [1.82, 2.24) is 30.6 Å². The van der Waals surface area contributed by atoms with Crippen LogP contribution in [0.5, 0.6) is 0 Å². The predicted octanol–water partition coefficient (Wildman–Crippen LogP) is 1.03. The molecule has 0 fully saturated rings. The van der Waals surface area contributed by atoms with Gasteiger partial charge in [-0.25, -0.2) is 4.98 Å². The number of hydrogen-bond donors (Lipinski definition) is 2. The van der Waals surface area contributed by atoms with E-state index in [0.29, 0.717) is 5.82 Å². The maximum Gasteiger partial charge on any atom is 0.332 e. The Morgan fingerprint density at radius 3 is 2.79 bits per heavy atom. The third-order valence-corrected chi connectivity index (χ3v) is 2.48. The van der Waals surface area contributed by atoms with E-state index in [2.05, 4.69) is 35.9 Å². The lowest BCUT2D eigenvalue weighted by Crippen LogP contribution is -2.13. The summed E-state index contributed by atoms with van der Waals surface area (Å²) in [7, 11) is 0. The number of tetrazole rings is 1. The lowest BCUT2D eigenvalue weighted by Gasteiger charge is -2.11. The molecular weight excluding hydrogens is 276 g/mol. The fourth-order valence-electron chi connectivity index (χ4n) is 1.47. The van der Waals surface area contributed by atoms with Gasteiger partial charge in [-0.2, -0.15) is 10.2 Å². The summed E-state index contributed by atoms with van der Waals surface area (Å²) < 4.78 is 0. The number of aromatic amines is 1. The van der Waals surface area contributed by atoms with Crippen molar-refractivity contribution in [3.8, 4) is 0 Å². The molecule has 0 spiro atoms. The Labute approximate surface area is 111 Å². The highest BCUT2D eigenvalue weighted by Crippen LogP contribution is 2.28. The van der Waals surface area contributed by atoms with Gasteiger partial charge in [-0.15, -0.1) is 10.2 Å². The van der Waals surface area contributed by atoms with Crippen LogP contribution in [-0.2, 0) is 0 Å². The molecule has 2 N–H and O–H groups in total. The largest absolute Gasteiger partial charge is 0.354 e. The van der Waals surface area contributed by atoms with E-state index in [0.717, 1.165) is 0 Å². The van der Waals surface area contributed by atoms with Crippen LogP contribution < -0.4 is 5.32 Å². The molecule has 0 amide bonds. The van der Waals surface area contributed by atoms with Gasteiger partial charge in [0.15, 0.2) is 5.82 Å². The highest BCUT2D eigenvalue weighted by atomic mass is 35.5. The van der Waals surface area contributed by atoms with Gasteiger partial charge >= 0.3 is 5.69 Å². The summed E-state index contributed by atoms with van der Waals surface area (Å²) in [5, 5.41) is 27.0. The number of hydrogen-bond acceptors (Lipinski definition) is 8. The third kappa shape index (κ3) is 2.73. The monoisotopic (exact) mass is 284 g/mol. The zero-order chi connectivity index (χ0) is 14.0. The number of nitrogens with one attached hydrogen (secondary N) is 2. The zero-order valence-electron chi connectivity index (χ0n) is 9.96. The van der Waals surface area contributed by atoms with Crippen molar-refractivity contribution in [2.75, 3.05) is 5.32 Å². The fourth-order valence-corrected chi connectivity index (χ4v) is 1.69. The number of aromatic nitrogens is 6. The Morgan fingerprint density at radius 1 is 1.47 bits per heavy atom. The van der Waals surface area contributed by atoms with Crippen molar-refractivity contribution in [3.63, 3.8) is 0 Å². The number of rotatable bonds is 4. The molecule has 1 atom stereocenters. The van der Waals surface area contributed by atoms with E-state index in [-0.39, 0.29) is 22.5 Å². The number of H-pyrrole nitrogens is 1. The normalized spacial score (nSPS) is 12.2. The van der Waals surface area contributed by atoms with Crippen LogP contribution in [0.3, 0.4) is 0 Å². The number of nitro groups is 1. The molecule has 0 aliphatic carbocycles. The van der Waals surface area contributed by atoms with Gasteiger partial charge in [0.05, 0.1) is 11.0 Å². The molecule has 2 rings (SSSR count). The molecule has 19 heavy (non-hydrogen) atoms. The molecule has 2 aromatic rings. The zero-order valence-corrected chi connectivity index (χ0v) is 10.7. The van der Waals surface area contributed by atoms with Gasteiger partial charge in [-0.3, -0.25) is 10.1 Å². The standard InChI is InChI=1S/C8H9ClN8O2/c1-3-5(17(18)19)7(12-8(9)11-3)10-4(2)6-13-15-16-14-6/h4H,1-2H3,(H,10,11,12)(H,13,14,15,16). The average molecular weight is 285 g/mol. The van der Waals surface area contributed by atoms with Crippen LogP contribution in [0.15, 0.2) is 0 Å². The molecule has 11 heteroatoms. The quantitative estimate of drug-likeness (QED) is 0.483. The summed E-state index contributed by atoms with van der Waals surface area (Å²) in [5.74, 6) is 0.362. The number of nitrogens with zero attached hydrogens (tertiary/aromatic N) is 6. The molecule has 0 bridgehead atoms. The van der Waals surface area contributed by atoms with Crippen molar-refractivity contribution in [2.24, 2.45) is 0 Å². The average Bonchev–Trinajstić information content (AvgIpc) is 2.80. The molecule has 2 heterocycles. The Balaban J connectivity index is 2.36. The smallest absolute Gasteiger partial charge is 0.332 e. The van der Waals surface area contributed by atoms with Crippen molar-refractivity contribution < 1.29 is 4.92 Å². The number of aryl methyl sites for hydroxylation is 1. The molecule has 2 aromatic heterocycles. The van der Waals surface area contributed by atoms with E-state index in [9.17, 15) is 10.1 Å². The minimum absolute atomic E-state index is 0.0137. The molecule has 0 aliphatic heterocycles. The summed E-state index contributed by atoms with van der Waals surface area (Å²) in [6.45, 7) is 3.19. The SMILES string of the molecule is Cc1nc(Cl)nc(NC(C)c2nn[nH]n2)c1[N+](=O)[O-]. The Hall–Kier alpha value is -2.36. The van der Waals surface area contributed by atoms with Crippen LogP contribution >= 0.6 is 11.6 Å². The Bertz CT molecular complexity index is 601. The summed E-state index contributed by atoms with van der Waals surface area (Å²) >= 11 is 5.70. The molecule has 10 nitrogen and oxygen atoms in total. The van der Waals surface area contributed by atoms with Gasteiger partial charge in [-0.05, 0) is 25.4 Å². The first-order chi connectivity index (χ1) is 8.99. The lowest BCUT2D eigenvalue weighted by atomic mass is 10.3. The van der Waals surface area contributed by atoms with Crippen molar-refractivity contribution in [1.29, 1.82) is 0 Å². The predicted molar refractivity (Wildman–Crippen MR) is 64.6 cm³/mol. The molecule has 0 aromatic carbocycles. The van der Waals surface area contributed by atoms with E-state index < -0.39 is 11.0 Å². The molecule has 0 saturated heterocycles. The van der Waals surface area contributed by atoms with Crippen LogP contribution in [0.4, 0.5) is 11.5 Å². The van der Waals surface area contributed by atoms with Crippen LogP contribution in [0, 0.1) is 17.0 Å². The minimum atomic E-state index is -0.572. The van der Waals surface area contributed by atoms with Crippen molar-refractivity contribution >= 4 is 23.1 Å². The van der Waals surface area contributed by atoms with E-state index in [1.807, 2.05) is 0 Å². The first-order valence-electron chi connectivity index (χ1n) is 5.17. The Kier molecular flexibility index (Phi) is 3.51. The number of halogens is 1. The van der Waals surface area contributed by atoms with Gasteiger partial charge in [0.25, 0.3) is 0 Å². The van der Waals surface area contributed by atoms with Gasteiger partial charge < -0.3 is 5.32 Å². The summed E-state index contributed by atoms with van der Waals surface area (Å²) in [4.78, 5) is 18.0. The molecule has 100 valence electrons. The Morgan fingerprint density at radius 2 is 2.21 bits per heavy atom. The van der Waals surface area contributed by atoms with E-state index in [4.69, 9.17) is 11.6 Å². The van der Waals surface area contributed by atoms with Gasteiger partial charge in [0.2, 0.25) is 11.1 Å². The number of anilines is 1. The van der Waals surface area contributed by atoms with Crippen molar-refractivity contribution in [2.45, 2.75) is 19.9 Å². The van der Waals surface area contributed by atoms with Gasteiger partial charge in [-0.1, -0.05) is 5.21 Å². The van der Waals surface area contributed by atoms with E-state index in [1.165, 1.54) is 6.92 Å². The van der Waals surface area contributed by atoms with Gasteiger partial charge in [0, 0.05) is 0 Å². The third-order valence-electron chi connectivity index (χ3n) is 2.32. The van der Waals surface area contributed by atoms with Crippen LogP contribution in [0.2, 0.25) is 5.28 Å². The highest BCUT2D eigenvalue weighted by molar-refractivity contribution is 6.28. The second kappa shape index (κ2) is 5.10. The molecule has 0 aliphatic rings.